The highest BCUT2D eigenvalue weighted by Gasteiger charge is 2.26. The predicted octanol–water partition coefficient (Wildman–Crippen LogP) is 3.06. The van der Waals surface area contributed by atoms with Crippen LogP contribution in [0, 0.1) is 5.82 Å². The molecular weight excluding hydrogens is 425 g/mol. The van der Waals surface area contributed by atoms with E-state index < -0.39 is 11.7 Å². The highest BCUT2D eigenvalue weighted by molar-refractivity contribution is 5.94. The van der Waals surface area contributed by atoms with Crippen LogP contribution in [0.15, 0.2) is 65.5 Å². The maximum atomic E-state index is 14.9. The van der Waals surface area contributed by atoms with Crippen LogP contribution in [0.1, 0.15) is 15.9 Å². The lowest BCUT2D eigenvalue weighted by Crippen LogP contribution is -2.52. The molecule has 0 aliphatic carbocycles. The minimum atomic E-state index is -0.585. The fourth-order valence-electron chi connectivity index (χ4n) is 3.79. The van der Waals surface area contributed by atoms with Crippen LogP contribution in [0.25, 0.3) is 11.1 Å². The van der Waals surface area contributed by atoms with Gasteiger partial charge >= 0.3 is 6.03 Å². The van der Waals surface area contributed by atoms with Gasteiger partial charge in [0.05, 0.1) is 19.1 Å². The number of nitrogens with one attached hydrogen (secondary N) is 1. The number of hydrazine groups is 1. The van der Waals surface area contributed by atoms with Crippen molar-refractivity contribution in [3.05, 3.63) is 78.0 Å². The summed E-state index contributed by atoms with van der Waals surface area (Å²) in [6.07, 6.45) is 3.22. The fraction of sp³-hybridized carbons (Fsp3) is 0.250. The topological polar surface area (TPSA) is 95.0 Å². The lowest BCUT2D eigenvalue weighted by Gasteiger charge is -2.36. The lowest BCUT2D eigenvalue weighted by atomic mass is 10.1. The molecule has 2 heterocycles. The number of carbonyl (C=O) groups is 2. The molecule has 4 rings (SSSR count). The van der Waals surface area contributed by atoms with Gasteiger partial charge in [-0.25, -0.2) is 15.0 Å². The number of likely N-dealkylation sites (N-methyl/N-ethyl adjacent to an activating group) is 1. The minimum absolute atomic E-state index is 0.0103. The number of halogens is 1. The van der Waals surface area contributed by atoms with Gasteiger partial charge in [-0.2, -0.15) is 0 Å². The Bertz CT molecular complexity index is 1130. The number of nitrogens with two attached hydrogens (primary N) is 1. The molecule has 0 bridgehead atoms. The minimum Gasteiger partial charge on any atom is -0.472 e. The van der Waals surface area contributed by atoms with Crippen LogP contribution >= 0.6 is 0 Å². The average molecular weight is 452 g/mol. The molecule has 1 fully saturated rings. The number of anilines is 1. The Hall–Kier alpha value is -3.69. The van der Waals surface area contributed by atoms with E-state index in [1.54, 1.807) is 22.3 Å². The van der Waals surface area contributed by atoms with E-state index in [0.29, 0.717) is 24.3 Å². The molecule has 1 saturated heterocycles. The molecule has 172 valence electrons. The Morgan fingerprint density at radius 2 is 1.88 bits per heavy atom. The number of benzene rings is 2. The molecular formula is C24H26FN5O3. The largest absolute Gasteiger partial charge is 0.472 e. The molecule has 1 aromatic heterocycles. The molecule has 9 heteroatoms. The Labute approximate surface area is 191 Å². The maximum absolute atomic E-state index is 14.9. The first-order chi connectivity index (χ1) is 16.0. The summed E-state index contributed by atoms with van der Waals surface area (Å²) >= 11 is 0. The molecule has 2 aromatic carbocycles. The van der Waals surface area contributed by atoms with Crippen molar-refractivity contribution in [2.75, 3.05) is 38.1 Å². The number of carbonyl (C=O) groups excluding carboxylic acids is 2. The molecule has 3 amide bonds. The molecule has 0 unspecified atom stereocenters. The number of nitrogen functional groups attached to an aromatic ring is 1. The third kappa shape index (κ3) is 5.05. The number of furan rings is 1. The molecule has 1 aliphatic heterocycles. The van der Waals surface area contributed by atoms with Gasteiger partial charge in [-0.15, -0.1) is 0 Å². The van der Waals surface area contributed by atoms with E-state index in [0.717, 1.165) is 30.3 Å². The summed E-state index contributed by atoms with van der Waals surface area (Å²) in [7, 11) is 2.02. The van der Waals surface area contributed by atoms with E-state index in [1.807, 2.05) is 42.8 Å². The summed E-state index contributed by atoms with van der Waals surface area (Å²) in [5.74, 6) is 3.98. The zero-order chi connectivity index (χ0) is 23.4. The third-order valence-electron chi connectivity index (χ3n) is 5.79. The first-order valence-corrected chi connectivity index (χ1v) is 10.6. The van der Waals surface area contributed by atoms with Crippen molar-refractivity contribution in [3.8, 4) is 11.1 Å². The van der Waals surface area contributed by atoms with Gasteiger partial charge in [0.15, 0.2) is 0 Å². The van der Waals surface area contributed by atoms with Crippen LogP contribution in [0.4, 0.5) is 14.9 Å². The number of nitrogens with zero attached hydrogens (tertiary/aromatic N) is 3. The zero-order valence-corrected chi connectivity index (χ0v) is 18.3. The second-order valence-electron chi connectivity index (χ2n) is 8.00. The van der Waals surface area contributed by atoms with Crippen molar-refractivity contribution in [2.24, 2.45) is 5.84 Å². The van der Waals surface area contributed by atoms with Crippen molar-refractivity contribution in [2.45, 2.75) is 6.54 Å². The van der Waals surface area contributed by atoms with Crippen molar-refractivity contribution in [1.29, 1.82) is 0 Å². The molecule has 0 radical (unpaired) electrons. The first-order valence-electron chi connectivity index (χ1n) is 10.6. The monoisotopic (exact) mass is 451 g/mol. The predicted molar refractivity (Wildman–Crippen MR) is 123 cm³/mol. The van der Waals surface area contributed by atoms with Gasteiger partial charge in [-0.1, -0.05) is 18.2 Å². The molecule has 3 N–H and O–H groups in total. The molecule has 1 aliphatic rings. The third-order valence-corrected chi connectivity index (χ3v) is 5.79. The first kappa shape index (κ1) is 22.5. The van der Waals surface area contributed by atoms with E-state index in [1.165, 1.54) is 12.1 Å². The smallest absolute Gasteiger partial charge is 0.324 e. The van der Waals surface area contributed by atoms with Gasteiger partial charge in [0.1, 0.15) is 5.82 Å². The summed E-state index contributed by atoms with van der Waals surface area (Å²) in [5, 5.41) is 0. The second-order valence-corrected chi connectivity index (χ2v) is 8.00. The highest BCUT2D eigenvalue weighted by Crippen LogP contribution is 2.28. The maximum Gasteiger partial charge on any atom is 0.324 e. The number of amides is 3. The van der Waals surface area contributed by atoms with Crippen LogP contribution in [0.2, 0.25) is 0 Å². The van der Waals surface area contributed by atoms with Crippen molar-refractivity contribution < 1.29 is 18.4 Å². The molecule has 0 spiro atoms. The van der Waals surface area contributed by atoms with E-state index >= 15 is 0 Å². The summed E-state index contributed by atoms with van der Waals surface area (Å²) in [4.78, 5) is 30.8. The van der Waals surface area contributed by atoms with Gasteiger partial charge < -0.3 is 14.2 Å². The van der Waals surface area contributed by atoms with Gasteiger partial charge in [0.2, 0.25) is 0 Å². The fourth-order valence-corrected chi connectivity index (χ4v) is 3.79. The van der Waals surface area contributed by atoms with Crippen LogP contribution < -0.4 is 16.2 Å². The van der Waals surface area contributed by atoms with Crippen LogP contribution in [-0.4, -0.2) is 55.0 Å². The lowest BCUT2D eigenvalue weighted by molar-refractivity contribution is 0.0953. The molecule has 0 atom stereocenters. The number of rotatable bonds is 5. The molecule has 3 aromatic rings. The van der Waals surface area contributed by atoms with Crippen molar-refractivity contribution in [1.82, 2.24) is 15.2 Å². The number of hydrogen-bond acceptors (Lipinski definition) is 5. The average Bonchev–Trinajstić information content (AvgIpc) is 3.38. The van der Waals surface area contributed by atoms with Crippen LogP contribution in [-0.2, 0) is 6.54 Å². The van der Waals surface area contributed by atoms with Crippen molar-refractivity contribution in [3.63, 3.8) is 0 Å². The van der Waals surface area contributed by atoms with Crippen LogP contribution in [0.5, 0.6) is 0 Å². The second kappa shape index (κ2) is 9.85. The normalized spacial score (nSPS) is 14.2. The van der Waals surface area contributed by atoms with Crippen LogP contribution in [0.3, 0.4) is 0 Å². The zero-order valence-electron chi connectivity index (χ0n) is 18.3. The Balaban J connectivity index is 1.67. The Morgan fingerprint density at radius 1 is 1.09 bits per heavy atom. The van der Waals surface area contributed by atoms with Gasteiger partial charge in [0.25, 0.3) is 5.91 Å². The molecule has 8 nitrogen and oxygen atoms in total. The van der Waals surface area contributed by atoms with E-state index in [4.69, 9.17) is 10.3 Å². The van der Waals surface area contributed by atoms with E-state index in [-0.39, 0.29) is 18.1 Å². The molecule has 0 saturated carbocycles. The van der Waals surface area contributed by atoms with Gasteiger partial charge in [-0.05, 0) is 42.9 Å². The van der Waals surface area contributed by atoms with Gasteiger partial charge in [-0.3, -0.25) is 15.1 Å². The summed E-state index contributed by atoms with van der Waals surface area (Å²) in [6.45, 7) is 2.73. The quantitative estimate of drug-likeness (QED) is 0.353. The number of urea groups is 1. The van der Waals surface area contributed by atoms with E-state index in [9.17, 15) is 14.0 Å². The Morgan fingerprint density at radius 3 is 2.55 bits per heavy atom. The SMILES string of the molecule is CN1CCN(C(=O)N(Cc2ccc(C(=O)NN)cc2F)c2cccc(-c3ccoc3)c2)CC1. The number of piperazine rings is 1. The number of hydrogen-bond donors (Lipinski definition) is 2. The summed E-state index contributed by atoms with van der Waals surface area (Å²) < 4.78 is 20.1. The summed E-state index contributed by atoms with van der Waals surface area (Å²) in [6, 6.07) is 13.2. The summed E-state index contributed by atoms with van der Waals surface area (Å²) in [5.41, 5.74) is 4.79. The van der Waals surface area contributed by atoms with Gasteiger partial charge in [0, 0.05) is 48.6 Å². The standard InChI is InChI=1S/C24H26FN5O3/c1-28-8-10-29(11-9-28)24(32)30(15-19-6-5-18(14-22(19)25)23(31)27-26)21-4-2-3-17(13-21)20-7-12-33-16-20/h2-7,12-14,16H,8-11,15,26H2,1H3,(H,27,31). The highest BCUT2D eigenvalue weighted by atomic mass is 19.1. The Kier molecular flexibility index (Phi) is 6.71. The van der Waals surface area contributed by atoms with Crippen molar-refractivity contribution >= 4 is 17.6 Å². The molecule has 33 heavy (non-hydrogen) atoms. The van der Waals surface area contributed by atoms with E-state index in [2.05, 4.69) is 4.90 Å².